The molecule has 0 radical (unpaired) electrons. The minimum atomic E-state index is -0.653. The molecule has 0 bridgehead atoms. The summed E-state index contributed by atoms with van der Waals surface area (Å²) in [6.45, 7) is 11.1. The van der Waals surface area contributed by atoms with Crippen LogP contribution in [0.5, 0.6) is 0 Å². The quantitative estimate of drug-likeness (QED) is 0.0921. The highest BCUT2D eigenvalue weighted by Crippen LogP contribution is 2.33. The van der Waals surface area contributed by atoms with Crippen LogP contribution in [-0.4, -0.2) is 88.7 Å². The fourth-order valence-electron chi connectivity index (χ4n) is 4.19. The van der Waals surface area contributed by atoms with Crippen molar-refractivity contribution in [3.63, 3.8) is 0 Å². The first-order valence-corrected chi connectivity index (χ1v) is 14.2. The number of anilines is 1. The molecule has 14 heteroatoms. The van der Waals surface area contributed by atoms with Crippen molar-refractivity contribution in [3.05, 3.63) is 46.5 Å². The molecule has 13 nitrogen and oxygen atoms in total. The molecule has 0 unspecified atom stereocenters. The molecule has 3 rings (SSSR count). The lowest BCUT2D eigenvalue weighted by atomic mass is 10.1. The summed E-state index contributed by atoms with van der Waals surface area (Å²) in [5.41, 5.74) is 2.55. The topological polar surface area (TPSA) is 155 Å². The lowest BCUT2D eigenvalue weighted by molar-refractivity contribution is -0.126. The molecule has 3 N–H and O–H groups in total. The van der Waals surface area contributed by atoms with Gasteiger partial charge in [0.25, 0.3) is 5.91 Å². The molecule has 0 saturated heterocycles. The van der Waals surface area contributed by atoms with Gasteiger partial charge in [-0.2, -0.15) is 0 Å². The van der Waals surface area contributed by atoms with Gasteiger partial charge in [0.05, 0.1) is 59.8 Å². The third-order valence-corrected chi connectivity index (χ3v) is 6.15. The summed E-state index contributed by atoms with van der Waals surface area (Å²) in [4.78, 5) is 59.4. The van der Waals surface area contributed by atoms with E-state index in [0.717, 1.165) is 5.69 Å². The van der Waals surface area contributed by atoms with Gasteiger partial charge in [-0.25, -0.2) is 18.9 Å². The molecule has 1 aliphatic rings. The van der Waals surface area contributed by atoms with Gasteiger partial charge < -0.3 is 29.8 Å². The van der Waals surface area contributed by atoms with Gasteiger partial charge in [0.1, 0.15) is 12.2 Å². The van der Waals surface area contributed by atoms with Crippen LogP contribution in [0.2, 0.25) is 0 Å². The molecule has 0 saturated carbocycles. The normalized spacial score (nSPS) is 14.3. The largest absolute Gasteiger partial charge is 0.462 e. The molecule has 3 heterocycles. The Morgan fingerprint density at radius 1 is 1.23 bits per heavy atom. The van der Waals surface area contributed by atoms with Gasteiger partial charge in [-0.15, -0.1) is 0 Å². The first-order chi connectivity index (χ1) is 20.2. The maximum absolute atomic E-state index is 12.8. The summed E-state index contributed by atoms with van der Waals surface area (Å²) in [6, 6.07) is 4.59. The van der Waals surface area contributed by atoms with E-state index in [0.29, 0.717) is 28.3 Å². The Hall–Kier alpha value is -3.88. The van der Waals surface area contributed by atoms with E-state index >= 15 is 0 Å². The van der Waals surface area contributed by atoms with Crippen molar-refractivity contribution in [2.24, 2.45) is 0 Å². The number of hydrogen-bond donors (Lipinski definition) is 4. The van der Waals surface area contributed by atoms with Crippen LogP contribution in [0.1, 0.15) is 73.8 Å². The summed E-state index contributed by atoms with van der Waals surface area (Å²) in [6.07, 6.45) is 1.06. The number of carbonyl (C=O) groups excluding carboxylic acids is 4. The van der Waals surface area contributed by atoms with E-state index in [1.54, 1.807) is 72.9 Å². The summed E-state index contributed by atoms with van der Waals surface area (Å²) in [5.74, 6) is -1.24. The molecule has 234 valence electrons. The molecule has 0 aliphatic carbocycles. The van der Waals surface area contributed by atoms with E-state index in [9.17, 15) is 19.2 Å². The standard InChI is InChI=1S/C29H40N6O7S/c1-8-41-27(38)19-13-17(2)30-23(19)14-20-25-22(33-26(20)37)10-9-21(32-25)18(3)31-24(36)15-40-12-11-35(16-34(7)43)28(39)42-29(4,5)6/h9-10,13-14,18,30,43H,8,11-12,15-16H2,1-7H3,(H,31,36)(H,33,37)/b20-14-/t18-/m0/s1. The Kier molecular flexibility index (Phi) is 11.4. The number of amides is 3. The van der Waals surface area contributed by atoms with Crippen molar-refractivity contribution in [3.8, 4) is 0 Å². The predicted molar refractivity (Wildman–Crippen MR) is 164 cm³/mol. The highest BCUT2D eigenvalue weighted by atomic mass is 32.1. The Bertz CT molecular complexity index is 1380. The lowest BCUT2D eigenvalue weighted by Gasteiger charge is -2.28. The molecule has 0 spiro atoms. The number of aromatic nitrogens is 2. The van der Waals surface area contributed by atoms with E-state index < -0.39 is 23.7 Å². The second kappa shape index (κ2) is 14.5. The number of esters is 1. The molecular formula is C29H40N6O7S. The fraction of sp³-hybridized carbons (Fsp3) is 0.483. The second-order valence-electron chi connectivity index (χ2n) is 11.0. The van der Waals surface area contributed by atoms with Crippen molar-refractivity contribution < 1.29 is 33.4 Å². The van der Waals surface area contributed by atoms with Crippen LogP contribution < -0.4 is 10.6 Å². The number of hydrogen-bond acceptors (Lipinski definition) is 10. The number of rotatable bonds is 12. The molecule has 3 amide bonds. The van der Waals surface area contributed by atoms with E-state index in [1.165, 1.54) is 9.21 Å². The molecule has 1 aliphatic heterocycles. The smallest absolute Gasteiger partial charge is 0.411 e. The lowest BCUT2D eigenvalue weighted by Crippen LogP contribution is -2.42. The van der Waals surface area contributed by atoms with Gasteiger partial charge >= 0.3 is 12.1 Å². The zero-order chi connectivity index (χ0) is 31.9. The van der Waals surface area contributed by atoms with E-state index in [-0.39, 0.29) is 50.4 Å². The van der Waals surface area contributed by atoms with Gasteiger partial charge in [-0.1, -0.05) is 12.8 Å². The molecular weight excluding hydrogens is 576 g/mol. The second-order valence-corrected chi connectivity index (χ2v) is 11.7. The van der Waals surface area contributed by atoms with Crippen LogP contribution >= 0.6 is 12.8 Å². The van der Waals surface area contributed by atoms with Crippen molar-refractivity contribution in [1.82, 2.24) is 24.5 Å². The number of aromatic amines is 1. The van der Waals surface area contributed by atoms with E-state index in [2.05, 4.69) is 33.4 Å². The van der Waals surface area contributed by atoms with Gasteiger partial charge in [-0.05, 0) is 72.9 Å². The number of nitrogens with zero attached hydrogens (tertiary/aromatic N) is 3. The summed E-state index contributed by atoms with van der Waals surface area (Å²) in [7, 11) is 1.70. The molecule has 43 heavy (non-hydrogen) atoms. The monoisotopic (exact) mass is 616 g/mol. The highest BCUT2D eigenvalue weighted by Gasteiger charge is 2.28. The van der Waals surface area contributed by atoms with E-state index in [1.807, 2.05) is 0 Å². The van der Waals surface area contributed by atoms with Gasteiger partial charge in [0, 0.05) is 12.2 Å². The van der Waals surface area contributed by atoms with Crippen molar-refractivity contribution >= 4 is 54.0 Å². The summed E-state index contributed by atoms with van der Waals surface area (Å²) >= 11 is 4.20. The molecule has 0 aromatic carbocycles. The van der Waals surface area contributed by atoms with Crippen LogP contribution in [0.15, 0.2) is 18.2 Å². The number of H-pyrrole nitrogens is 1. The number of thiol groups is 1. The van der Waals surface area contributed by atoms with Gasteiger partial charge in [0.15, 0.2) is 0 Å². The number of nitrogens with one attached hydrogen (secondary N) is 3. The number of pyridine rings is 1. The molecule has 1 atom stereocenters. The third kappa shape index (κ3) is 9.56. The van der Waals surface area contributed by atoms with Crippen molar-refractivity contribution in [2.75, 3.05) is 45.4 Å². The number of aryl methyl sites for hydroxylation is 1. The minimum absolute atomic E-state index is 0.105. The number of ether oxygens (including phenoxy) is 3. The zero-order valence-electron chi connectivity index (χ0n) is 25.6. The Morgan fingerprint density at radius 2 is 1.95 bits per heavy atom. The van der Waals surface area contributed by atoms with Crippen molar-refractivity contribution in [2.45, 2.75) is 53.2 Å². The average molecular weight is 617 g/mol. The van der Waals surface area contributed by atoms with Crippen LogP contribution in [0, 0.1) is 6.92 Å². The van der Waals surface area contributed by atoms with Crippen LogP contribution in [0.25, 0.3) is 11.6 Å². The summed E-state index contributed by atoms with van der Waals surface area (Å²) < 4.78 is 17.6. The Labute approximate surface area is 256 Å². The average Bonchev–Trinajstić information content (AvgIpc) is 3.43. The van der Waals surface area contributed by atoms with E-state index in [4.69, 9.17) is 14.2 Å². The summed E-state index contributed by atoms with van der Waals surface area (Å²) in [5, 5.41) is 5.61. The van der Waals surface area contributed by atoms with Crippen LogP contribution in [-0.2, 0) is 23.8 Å². The highest BCUT2D eigenvalue weighted by molar-refractivity contribution is 7.77. The molecule has 2 aromatic heterocycles. The predicted octanol–water partition coefficient (Wildman–Crippen LogP) is 3.55. The number of fused-ring (bicyclic) bond motifs is 1. The maximum Gasteiger partial charge on any atom is 0.411 e. The first-order valence-electron chi connectivity index (χ1n) is 13.8. The Morgan fingerprint density at radius 3 is 2.60 bits per heavy atom. The van der Waals surface area contributed by atoms with Gasteiger partial charge in [-0.3, -0.25) is 14.5 Å². The van der Waals surface area contributed by atoms with Crippen LogP contribution in [0.4, 0.5) is 10.5 Å². The molecule has 2 aromatic rings. The fourth-order valence-corrected chi connectivity index (χ4v) is 4.34. The van der Waals surface area contributed by atoms with Crippen LogP contribution in [0.3, 0.4) is 0 Å². The first kappa shape index (κ1) is 33.6. The van der Waals surface area contributed by atoms with Crippen molar-refractivity contribution in [1.29, 1.82) is 0 Å². The zero-order valence-corrected chi connectivity index (χ0v) is 26.5. The Balaban J connectivity index is 1.63. The maximum atomic E-state index is 12.8. The number of carbonyl (C=O) groups is 4. The van der Waals surface area contributed by atoms with Gasteiger partial charge in [0.2, 0.25) is 5.91 Å². The SMILES string of the molecule is CCOC(=O)c1cc(C)[nH]c1/C=C1\C(=O)Nc2ccc([C@H](C)NC(=O)COCCN(CN(C)S)C(=O)OC(C)(C)C)nc21. The minimum Gasteiger partial charge on any atom is -0.462 e. The molecule has 0 fully saturated rings. The third-order valence-electron chi connectivity index (χ3n) is 6.02.